The van der Waals surface area contributed by atoms with Crippen molar-refractivity contribution in [3.8, 4) is 0 Å². The Labute approximate surface area is 120 Å². The van der Waals surface area contributed by atoms with Crippen LogP contribution in [0, 0.1) is 12.8 Å². The monoisotopic (exact) mass is 301 g/mol. The molecule has 2 heterocycles. The van der Waals surface area contributed by atoms with E-state index in [1.54, 1.807) is 13.1 Å². The van der Waals surface area contributed by atoms with E-state index in [0.717, 1.165) is 13.0 Å². The minimum absolute atomic E-state index is 0.0355. The number of sulfonamides is 1. The van der Waals surface area contributed by atoms with Gasteiger partial charge in [-0.05, 0) is 19.3 Å². The lowest BCUT2D eigenvalue weighted by atomic mass is 9.85. The van der Waals surface area contributed by atoms with Gasteiger partial charge in [0.25, 0.3) is 10.0 Å². The lowest BCUT2D eigenvalue weighted by Crippen LogP contribution is -2.65. The first-order valence-corrected chi connectivity index (χ1v) is 8.41. The summed E-state index contributed by atoms with van der Waals surface area (Å²) in [5.74, 6) is 0.735. The van der Waals surface area contributed by atoms with E-state index >= 15 is 0 Å². The second-order valence-corrected chi connectivity index (χ2v) is 7.74. The Kier molecular flexibility index (Phi) is 3.96. The van der Waals surface area contributed by atoms with Gasteiger partial charge in [0, 0.05) is 25.8 Å². The second-order valence-electron chi connectivity index (χ2n) is 5.85. The summed E-state index contributed by atoms with van der Waals surface area (Å²) in [6.45, 7) is 8.67. The summed E-state index contributed by atoms with van der Waals surface area (Å²) in [5.41, 5.74) is -0.909. The second kappa shape index (κ2) is 5.13. The maximum Gasteiger partial charge on any atom is 0.262 e. The Morgan fingerprint density at radius 2 is 2.05 bits per heavy atom. The predicted molar refractivity (Wildman–Crippen MR) is 75.8 cm³/mol. The van der Waals surface area contributed by atoms with Gasteiger partial charge >= 0.3 is 0 Å². The maximum absolute atomic E-state index is 12.4. The Morgan fingerprint density at radius 3 is 2.55 bits per heavy atom. The number of β-amino-alcohol motifs (C(OH)–C–C–N with tert-alkyl or cyclic N) is 1. The zero-order valence-electron chi connectivity index (χ0n) is 12.5. The highest BCUT2D eigenvalue weighted by atomic mass is 32.2. The van der Waals surface area contributed by atoms with E-state index in [-0.39, 0.29) is 24.0 Å². The van der Waals surface area contributed by atoms with E-state index < -0.39 is 15.6 Å². The number of aromatic nitrogens is 2. The van der Waals surface area contributed by atoms with Crippen molar-refractivity contribution >= 4 is 10.0 Å². The Bertz CT molecular complexity index is 586. The van der Waals surface area contributed by atoms with Crippen LogP contribution in [0.4, 0.5) is 0 Å². The predicted octanol–water partition coefficient (Wildman–Crippen LogP) is 0.993. The lowest BCUT2D eigenvalue weighted by molar-refractivity contribution is -0.0933. The molecule has 0 spiro atoms. The highest BCUT2D eigenvalue weighted by Gasteiger charge is 2.49. The van der Waals surface area contributed by atoms with Crippen LogP contribution in [0.2, 0.25) is 0 Å². The SMILES string of the molecule is CCCn1cc(S(=O)(=O)N2CC(O)(C(C)C)C2)nc1C. The zero-order chi connectivity index (χ0) is 15.1. The first kappa shape index (κ1) is 15.5. The molecule has 0 atom stereocenters. The van der Waals surface area contributed by atoms with Crippen molar-refractivity contribution < 1.29 is 13.5 Å². The number of hydrogen-bond acceptors (Lipinski definition) is 4. The van der Waals surface area contributed by atoms with Crippen LogP contribution in [0.15, 0.2) is 11.2 Å². The third-order valence-electron chi connectivity index (χ3n) is 4.00. The van der Waals surface area contributed by atoms with E-state index in [1.165, 1.54) is 4.31 Å². The molecular formula is C13H23N3O3S. The normalized spacial score (nSPS) is 19.3. The van der Waals surface area contributed by atoms with Gasteiger partial charge in [0.1, 0.15) is 5.82 Å². The van der Waals surface area contributed by atoms with E-state index in [4.69, 9.17) is 0 Å². The first-order valence-electron chi connectivity index (χ1n) is 6.97. The molecule has 20 heavy (non-hydrogen) atoms. The van der Waals surface area contributed by atoms with Crippen LogP contribution in [0.3, 0.4) is 0 Å². The summed E-state index contributed by atoms with van der Waals surface area (Å²) in [5, 5.41) is 10.3. The summed E-state index contributed by atoms with van der Waals surface area (Å²) in [6.07, 6.45) is 2.51. The first-order chi connectivity index (χ1) is 9.20. The molecule has 0 aromatic carbocycles. The molecule has 0 saturated carbocycles. The van der Waals surface area contributed by atoms with Crippen molar-refractivity contribution in [3.05, 3.63) is 12.0 Å². The van der Waals surface area contributed by atoms with Crippen molar-refractivity contribution in [3.63, 3.8) is 0 Å². The molecule has 1 N–H and O–H groups in total. The van der Waals surface area contributed by atoms with Crippen LogP contribution in [0.1, 0.15) is 33.0 Å². The van der Waals surface area contributed by atoms with Gasteiger partial charge in [0.2, 0.25) is 0 Å². The third-order valence-corrected chi connectivity index (χ3v) is 5.66. The molecular weight excluding hydrogens is 278 g/mol. The van der Waals surface area contributed by atoms with Crippen molar-refractivity contribution in [1.29, 1.82) is 0 Å². The number of hydrogen-bond donors (Lipinski definition) is 1. The fourth-order valence-corrected chi connectivity index (χ4v) is 3.86. The third kappa shape index (κ3) is 2.49. The lowest BCUT2D eigenvalue weighted by Gasteiger charge is -2.47. The fourth-order valence-electron chi connectivity index (χ4n) is 2.30. The van der Waals surface area contributed by atoms with E-state index in [0.29, 0.717) is 5.82 Å². The maximum atomic E-state index is 12.4. The molecule has 0 radical (unpaired) electrons. The molecule has 0 aliphatic carbocycles. The number of rotatable bonds is 5. The summed E-state index contributed by atoms with van der Waals surface area (Å²) >= 11 is 0. The van der Waals surface area contributed by atoms with E-state index in [1.807, 2.05) is 25.3 Å². The molecule has 6 nitrogen and oxygen atoms in total. The minimum atomic E-state index is -3.59. The van der Waals surface area contributed by atoms with Gasteiger partial charge in [0.05, 0.1) is 5.60 Å². The minimum Gasteiger partial charge on any atom is -0.387 e. The van der Waals surface area contributed by atoms with Crippen molar-refractivity contribution in [2.45, 2.75) is 51.3 Å². The highest BCUT2D eigenvalue weighted by molar-refractivity contribution is 7.89. The van der Waals surface area contributed by atoms with Gasteiger partial charge in [-0.25, -0.2) is 13.4 Å². The molecule has 1 aromatic rings. The molecule has 0 bridgehead atoms. The molecule has 0 unspecified atom stereocenters. The van der Waals surface area contributed by atoms with Crippen LogP contribution < -0.4 is 0 Å². The molecule has 1 aromatic heterocycles. The van der Waals surface area contributed by atoms with Crippen LogP contribution in [-0.2, 0) is 16.6 Å². The number of nitrogens with zero attached hydrogens (tertiary/aromatic N) is 3. The van der Waals surface area contributed by atoms with Crippen molar-refractivity contribution in [2.24, 2.45) is 5.92 Å². The topological polar surface area (TPSA) is 75.4 Å². The van der Waals surface area contributed by atoms with E-state index in [9.17, 15) is 13.5 Å². The van der Waals surface area contributed by atoms with Crippen molar-refractivity contribution in [1.82, 2.24) is 13.9 Å². The largest absolute Gasteiger partial charge is 0.387 e. The molecule has 1 saturated heterocycles. The van der Waals surface area contributed by atoms with Crippen LogP contribution >= 0.6 is 0 Å². The van der Waals surface area contributed by atoms with Gasteiger partial charge in [-0.15, -0.1) is 0 Å². The summed E-state index contributed by atoms with van der Waals surface area (Å²) in [4.78, 5) is 4.15. The number of aryl methyl sites for hydroxylation is 2. The van der Waals surface area contributed by atoms with E-state index in [2.05, 4.69) is 4.98 Å². The average Bonchev–Trinajstić information content (AvgIpc) is 2.68. The average molecular weight is 301 g/mol. The molecule has 2 rings (SSSR count). The van der Waals surface area contributed by atoms with Gasteiger partial charge in [-0.1, -0.05) is 20.8 Å². The molecule has 114 valence electrons. The molecule has 7 heteroatoms. The fraction of sp³-hybridized carbons (Fsp3) is 0.769. The quantitative estimate of drug-likeness (QED) is 0.880. The number of aliphatic hydroxyl groups is 1. The van der Waals surface area contributed by atoms with Crippen LogP contribution in [0.5, 0.6) is 0 Å². The van der Waals surface area contributed by atoms with Gasteiger partial charge < -0.3 is 9.67 Å². The van der Waals surface area contributed by atoms with Gasteiger partial charge in [0.15, 0.2) is 5.03 Å². The molecule has 1 aliphatic rings. The summed E-state index contributed by atoms with van der Waals surface area (Å²) in [7, 11) is -3.59. The Morgan fingerprint density at radius 1 is 1.45 bits per heavy atom. The van der Waals surface area contributed by atoms with Crippen molar-refractivity contribution in [2.75, 3.05) is 13.1 Å². The van der Waals surface area contributed by atoms with Crippen LogP contribution in [0.25, 0.3) is 0 Å². The smallest absolute Gasteiger partial charge is 0.262 e. The number of imidazole rings is 1. The summed E-state index contributed by atoms with van der Waals surface area (Å²) < 4.78 is 28.0. The Balaban J connectivity index is 2.19. The summed E-state index contributed by atoms with van der Waals surface area (Å²) in [6, 6.07) is 0. The van der Waals surface area contributed by atoms with Gasteiger partial charge in [-0.3, -0.25) is 0 Å². The molecule has 1 fully saturated rings. The molecule has 1 aliphatic heterocycles. The standard InChI is InChI=1S/C13H23N3O3S/c1-5-6-15-7-12(14-11(15)4)20(18,19)16-8-13(17,9-16)10(2)3/h7,10,17H,5-6,8-9H2,1-4H3. The molecule has 0 amide bonds. The van der Waals surface area contributed by atoms with Gasteiger partial charge in [-0.2, -0.15) is 4.31 Å². The van der Waals surface area contributed by atoms with Crippen LogP contribution in [-0.4, -0.2) is 46.1 Å². The Hall–Kier alpha value is -0.920. The zero-order valence-corrected chi connectivity index (χ0v) is 13.3. The highest BCUT2D eigenvalue weighted by Crippen LogP contribution is 2.32.